The molecule has 1 aromatic rings. The van der Waals surface area contributed by atoms with Crippen LogP contribution in [-0.2, 0) is 11.3 Å². The highest BCUT2D eigenvalue weighted by Gasteiger charge is 2.35. The first-order valence-electron chi connectivity index (χ1n) is 9.14. The molecule has 0 unspecified atom stereocenters. The van der Waals surface area contributed by atoms with Crippen molar-refractivity contribution in [2.45, 2.75) is 37.8 Å². The molecule has 0 aliphatic carbocycles. The van der Waals surface area contributed by atoms with Crippen molar-refractivity contribution >= 4 is 5.91 Å². The number of likely N-dealkylation sites (tertiary alicyclic amines) is 2. The van der Waals surface area contributed by atoms with E-state index in [9.17, 15) is 15.0 Å². The summed E-state index contributed by atoms with van der Waals surface area (Å²) >= 11 is 0. The summed E-state index contributed by atoms with van der Waals surface area (Å²) in [5.41, 5.74) is -0.00355. The summed E-state index contributed by atoms with van der Waals surface area (Å²) in [5, 5.41) is 19.5. The molecular weight excluding hydrogens is 320 g/mol. The summed E-state index contributed by atoms with van der Waals surface area (Å²) < 4.78 is 5.81. The van der Waals surface area contributed by atoms with Crippen LogP contribution in [0.3, 0.4) is 0 Å². The van der Waals surface area contributed by atoms with Crippen LogP contribution in [0.25, 0.3) is 0 Å². The van der Waals surface area contributed by atoms with E-state index in [0.717, 1.165) is 38.0 Å². The predicted octanol–water partition coefficient (Wildman–Crippen LogP) is 1.01. The molecule has 138 valence electrons. The zero-order chi connectivity index (χ0) is 17.7. The highest BCUT2D eigenvalue weighted by atomic mass is 16.5. The van der Waals surface area contributed by atoms with Crippen LogP contribution in [0.4, 0.5) is 0 Å². The molecule has 6 heteroatoms. The molecule has 0 bridgehead atoms. The van der Waals surface area contributed by atoms with Crippen LogP contribution in [0.1, 0.15) is 31.2 Å². The number of aliphatic hydroxyl groups excluding tert-OH is 1. The molecular formula is C19H28N2O4. The zero-order valence-corrected chi connectivity index (χ0v) is 14.7. The number of hydrogen-bond acceptors (Lipinski definition) is 5. The minimum absolute atomic E-state index is 0.0466. The highest BCUT2D eigenvalue weighted by Crippen LogP contribution is 2.26. The molecule has 6 nitrogen and oxygen atoms in total. The van der Waals surface area contributed by atoms with Crippen molar-refractivity contribution in [3.8, 4) is 5.75 Å². The lowest BCUT2D eigenvalue weighted by molar-refractivity contribution is -0.134. The number of nitrogens with zero attached hydrogens (tertiary/aromatic N) is 2. The van der Waals surface area contributed by atoms with Crippen LogP contribution in [0.15, 0.2) is 24.3 Å². The van der Waals surface area contributed by atoms with Crippen molar-refractivity contribution in [3.63, 3.8) is 0 Å². The monoisotopic (exact) mass is 348 g/mol. The molecule has 1 atom stereocenters. The summed E-state index contributed by atoms with van der Waals surface area (Å²) in [7, 11) is 0. The van der Waals surface area contributed by atoms with E-state index >= 15 is 0 Å². The van der Waals surface area contributed by atoms with Gasteiger partial charge in [0.05, 0.1) is 6.61 Å². The van der Waals surface area contributed by atoms with E-state index in [0.29, 0.717) is 25.3 Å². The van der Waals surface area contributed by atoms with Crippen molar-refractivity contribution in [2.75, 3.05) is 39.4 Å². The largest absolute Gasteiger partial charge is 0.483 e. The molecule has 0 aromatic heterocycles. The standard InChI is InChI=1S/C19H28N2O4/c22-15-19(24)8-11-20(14-19)12-16-6-2-3-7-17(16)25-13-18(23)21-9-4-1-5-10-21/h2-3,6-7,22,24H,1,4-5,8-15H2/t19-/m0/s1. The maximum atomic E-state index is 12.3. The highest BCUT2D eigenvalue weighted by molar-refractivity contribution is 5.77. The Morgan fingerprint density at radius 2 is 1.92 bits per heavy atom. The van der Waals surface area contributed by atoms with Gasteiger partial charge in [0.1, 0.15) is 11.4 Å². The second-order valence-electron chi connectivity index (χ2n) is 7.18. The lowest BCUT2D eigenvalue weighted by Gasteiger charge is -2.27. The molecule has 1 amide bonds. The molecule has 1 aromatic carbocycles. The van der Waals surface area contributed by atoms with E-state index in [2.05, 4.69) is 4.90 Å². The minimum atomic E-state index is -1.000. The van der Waals surface area contributed by atoms with E-state index < -0.39 is 5.60 Å². The average molecular weight is 348 g/mol. The Morgan fingerprint density at radius 1 is 1.16 bits per heavy atom. The van der Waals surface area contributed by atoms with Gasteiger partial charge < -0.3 is 19.8 Å². The number of aliphatic hydroxyl groups is 2. The smallest absolute Gasteiger partial charge is 0.260 e. The third-order valence-electron chi connectivity index (χ3n) is 5.13. The number of para-hydroxylation sites is 1. The summed E-state index contributed by atoms with van der Waals surface area (Å²) in [6.45, 7) is 3.33. The van der Waals surface area contributed by atoms with Gasteiger partial charge in [0.2, 0.25) is 0 Å². The summed E-state index contributed by atoms with van der Waals surface area (Å²) in [4.78, 5) is 16.3. The van der Waals surface area contributed by atoms with E-state index in [4.69, 9.17) is 4.74 Å². The Kier molecular flexibility index (Phi) is 5.93. The lowest BCUT2D eigenvalue weighted by atomic mass is 10.1. The maximum Gasteiger partial charge on any atom is 0.260 e. The molecule has 0 saturated carbocycles. The van der Waals surface area contributed by atoms with Crippen LogP contribution < -0.4 is 4.74 Å². The predicted molar refractivity (Wildman–Crippen MR) is 94.3 cm³/mol. The molecule has 0 radical (unpaired) electrons. The summed E-state index contributed by atoms with van der Waals surface area (Å²) in [6, 6.07) is 7.71. The topological polar surface area (TPSA) is 73.2 Å². The normalized spacial score (nSPS) is 24.5. The Labute approximate surface area is 149 Å². The Bertz CT molecular complexity index is 589. The molecule has 2 fully saturated rings. The van der Waals surface area contributed by atoms with Crippen molar-refractivity contribution in [3.05, 3.63) is 29.8 Å². The van der Waals surface area contributed by atoms with Gasteiger partial charge in [-0.05, 0) is 31.7 Å². The van der Waals surface area contributed by atoms with Crippen LogP contribution in [0, 0.1) is 0 Å². The second kappa shape index (κ2) is 8.17. The number of amides is 1. The molecule has 2 aliphatic rings. The number of carbonyl (C=O) groups excluding carboxylic acids is 1. The first-order valence-corrected chi connectivity index (χ1v) is 9.14. The van der Waals surface area contributed by atoms with Gasteiger partial charge >= 0.3 is 0 Å². The number of carbonyl (C=O) groups is 1. The lowest BCUT2D eigenvalue weighted by Crippen LogP contribution is -2.38. The first-order chi connectivity index (χ1) is 12.1. The van der Waals surface area contributed by atoms with Crippen LogP contribution in [0.5, 0.6) is 5.75 Å². The van der Waals surface area contributed by atoms with Gasteiger partial charge in [-0.1, -0.05) is 18.2 Å². The van der Waals surface area contributed by atoms with Crippen molar-refractivity contribution in [2.24, 2.45) is 0 Å². The van der Waals surface area contributed by atoms with Crippen LogP contribution in [-0.4, -0.2) is 70.9 Å². The number of hydrogen-bond donors (Lipinski definition) is 2. The van der Waals surface area contributed by atoms with E-state index in [-0.39, 0.29) is 19.1 Å². The van der Waals surface area contributed by atoms with Gasteiger partial charge in [-0.2, -0.15) is 0 Å². The Hall–Kier alpha value is -1.63. The van der Waals surface area contributed by atoms with Gasteiger partial charge in [-0.3, -0.25) is 9.69 Å². The molecule has 0 spiro atoms. The fourth-order valence-electron chi connectivity index (χ4n) is 3.59. The van der Waals surface area contributed by atoms with E-state index in [1.54, 1.807) is 0 Å². The fourth-order valence-corrected chi connectivity index (χ4v) is 3.59. The molecule has 2 saturated heterocycles. The third-order valence-corrected chi connectivity index (χ3v) is 5.13. The van der Waals surface area contributed by atoms with Gasteiger partial charge in [0, 0.05) is 38.3 Å². The van der Waals surface area contributed by atoms with Crippen molar-refractivity contribution in [1.29, 1.82) is 0 Å². The molecule has 2 heterocycles. The van der Waals surface area contributed by atoms with E-state index in [1.807, 2.05) is 29.2 Å². The number of ether oxygens (including phenoxy) is 1. The fraction of sp³-hybridized carbons (Fsp3) is 0.632. The molecule has 2 N–H and O–H groups in total. The van der Waals surface area contributed by atoms with Gasteiger partial charge in [0.25, 0.3) is 5.91 Å². The molecule has 3 rings (SSSR count). The number of benzene rings is 1. The molecule has 25 heavy (non-hydrogen) atoms. The maximum absolute atomic E-state index is 12.3. The summed E-state index contributed by atoms with van der Waals surface area (Å²) in [5.74, 6) is 0.762. The van der Waals surface area contributed by atoms with Gasteiger partial charge in [-0.15, -0.1) is 0 Å². The Morgan fingerprint density at radius 3 is 2.64 bits per heavy atom. The molecule has 2 aliphatic heterocycles. The van der Waals surface area contributed by atoms with Crippen LogP contribution >= 0.6 is 0 Å². The zero-order valence-electron chi connectivity index (χ0n) is 14.7. The number of rotatable bonds is 6. The number of β-amino-alcohol motifs (C(OH)–C–C–N with tert-alkyl or cyclic N) is 1. The van der Waals surface area contributed by atoms with Crippen molar-refractivity contribution in [1.82, 2.24) is 9.80 Å². The quantitative estimate of drug-likeness (QED) is 0.803. The summed E-state index contributed by atoms with van der Waals surface area (Å²) in [6.07, 6.45) is 3.92. The average Bonchev–Trinajstić information content (AvgIpc) is 3.03. The third kappa shape index (κ3) is 4.71. The van der Waals surface area contributed by atoms with Gasteiger partial charge in [0.15, 0.2) is 6.61 Å². The second-order valence-corrected chi connectivity index (χ2v) is 7.18. The van der Waals surface area contributed by atoms with Crippen molar-refractivity contribution < 1.29 is 19.7 Å². The number of piperidine rings is 1. The van der Waals surface area contributed by atoms with Gasteiger partial charge in [-0.25, -0.2) is 0 Å². The minimum Gasteiger partial charge on any atom is -0.483 e. The SMILES string of the molecule is O=C(COc1ccccc1CN1CC[C@@](O)(CO)C1)N1CCCCC1. The van der Waals surface area contributed by atoms with Crippen LogP contribution in [0.2, 0.25) is 0 Å². The van der Waals surface area contributed by atoms with E-state index in [1.165, 1.54) is 6.42 Å². The Balaban J connectivity index is 1.56. The first kappa shape index (κ1) is 18.2.